The largest absolute Gasteiger partial charge is 0.416 e. The van der Waals surface area contributed by atoms with Crippen LogP contribution in [0.15, 0.2) is 53.6 Å². The monoisotopic (exact) mass is 472 g/mol. The normalized spacial score (nSPS) is 10.9. The van der Waals surface area contributed by atoms with Gasteiger partial charge in [0.15, 0.2) is 5.78 Å². The van der Waals surface area contributed by atoms with E-state index in [0.717, 1.165) is 36.0 Å². The molecule has 0 saturated carbocycles. The fraction of sp³-hybridized carbons (Fsp3) is 0.0909. The number of halogens is 4. The van der Waals surface area contributed by atoms with Crippen LogP contribution in [-0.4, -0.2) is 16.5 Å². The number of anilines is 1. The summed E-state index contributed by atoms with van der Waals surface area (Å²) in [6.45, 7) is 0. The minimum absolute atomic E-state index is 0.0160. The van der Waals surface area contributed by atoms with Crippen LogP contribution in [0.5, 0.6) is 0 Å². The van der Waals surface area contributed by atoms with Crippen molar-refractivity contribution in [1.29, 1.82) is 10.5 Å². The molecule has 0 amide bonds. The summed E-state index contributed by atoms with van der Waals surface area (Å²) >= 11 is 6.82. The maximum absolute atomic E-state index is 12.7. The number of hydrogen-bond donors (Lipinski definition) is 1. The van der Waals surface area contributed by atoms with Crippen LogP contribution >= 0.6 is 23.4 Å². The summed E-state index contributed by atoms with van der Waals surface area (Å²) in [5, 5.41) is 19.9. The van der Waals surface area contributed by atoms with Crippen LogP contribution in [0.2, 0.25) is 5.02 Å². The smallest absolute Gasteiger partial charge is 0.383 e. The second-order valence-corrected chi connectivity index (χ2v) is 7.85. The van der Waals surface area contributed by atoms with Crippen LogP contribution in [-0.2, 0) is 6.18 Å². The van der Waals surface area contributed by atoms with Crippen LogP contribution in [0.25, 0.3) is 11.1 Å². The first kappa shape index (κ1) is 23.1. The predicted molar refractivity (Wildman–Crippen MR) is 115 cm³/mol. The molecule has 3 rings (SSSR count). The van der Waals surface area contributed by atoms with E-state index in [4.69, 9.17) is 17.3 Å². The molecule has 0 radical (unpaired) electrons. The number of carbonyl (C=O) groups excluding carboxylic acids is 1. The average Bonchev–Trinajstić information content (AvgIpc) is 2.77. The van der Waals surface area contributed by atoms with Gasteiger partial charge in [-0.15, -0.1) is 0 Å². The van der Waals surface area contributed by atoms with E-state index < -0.39 is 17.5 Å². The lowest BCUT2D eigenvalue weighted by molar-refractivity contribution is -0.137. The van der Waals surface area contributed by atoms with Crippen molar-refractivity contribution >= 4 is 35.0 Å². The molecule has 0 bridgehead atoms. The van der Waals surface area contributed by atoms with Crippen molar-refractivity contribution in [2.24, 2.45) is 0 Å². The van der Waals surface area contributed by atoms with Gasteiger partial charge in [-0.2, -0.15) is 23.7 Å². The molecule has 2 N–H and O–H groups in total. The van der Waals surface area contributed by atoms with Gasteiger partial charge in [0.2, 0.25) is 0 Å². The van der Waals surface area contributed by atoms with E-state index in [9.17, 15) is 28.5 Å². The highest BCUT2D eigenvalue weighted by Crippen LogP contribution is 2.36. The van der Waals surface area contributed by atoms with Gasteiger partial charge in [0.05, 0.1) is 16.9 Å². The zero-order valence-electron chi connectivity index (χ0n) is 16.1. The number of nitrogen functional groups attached to an aromatic ring is 1. The standard InChI is InChI=1S/C22H12ClF3N4OS/c23-15-7-3-13(4-8-15)19-16(9-27)20(29)30-21(17(19)10-28)32-11-18(31)12-1-5-14(6-2-12)22(24,25)26/h1-8H,11H2,(H2,29,30). The van der Waals surface area contributed by atoms with Gasteiger partial charge in [-0.1, -0.05) is 47.6 Å². The van der Waals surface area contributed by atoms with Crippen molar-refractivity contribution in [2.75, 3.05) is 11.5 Å². The van der Waals surface area contributed by atoms with E-state index in [1.807, 2.05) is 12.1 Å². The highest BCUT2D eigenvalue weighted by molar-refractivity contribution is 8.00. The molecule has 0 spiro atoms. The van der Waals surface area contributed by atoms with Gasteiger partial charge < -0.3 is 5.73 Å². The van der Waals surface area contributed by atoms with Gasteiger partial charge in [-0.05, 0) is 29.8 Å². The minimum atomic E-state index is -4.50. The molecule has 2 aromatic carbocycles. The number of Topliss-reactive ketones (excluding diaryl/α,β-unsaturated/α-hetero) is 1. The third kappa shape index (κ3) is 4.86. The molecule has 0 aliphatic heterocycles. The summed E-state index contributed by atoms with van der Waals surface area (Å²) in [7, 11) is 0. The van der Waals surface area contributed by atoms with E-state index in [1.165, 1.54) is 0 Å². The van der Waals surface area contributed by atoms with Gasteiger partial charge >= 0.3 is 6.18 Å². The number of rotatable bonds is 5. The number of hydrogen-bond acceptors (Lipinski definition) is 6. The summed E-state index contributed by atoms with van der Waals surface area (Å²) in [6, 6.07) is 14.2. The molecule has 5 nitrogen and oxygen atoms in total. The summed E-state index contributed by atoms with van der Waals surface area (Å²) < 4.78 is 38.1. The molecule has 0 aliphatic carbocycles. The number of ketones is 1. The maximum Gasteiger partial charge on any atom is 0.416 e. The molecule has 0 atom stereocenters. The molecule has 0 unspecified atom stereocenters. The van der Waals surface area contributed by atoms with E-state index in [-0.39, 0.29) is 38.9 Å². The van der Waals surface area contributed by atoms with Crippen molar-refractivity contribution < 1.29 is 18.0 Å². The molecule has 3 aromatic rings. The van der Waals surface area contributed by atoms with Gasteiger partial charge in [0, 0.05) is 16.1 Å². The Hall–Kier alpha value is -3.53. The quantitative estimate of drug-likeness (QED) is 0.376. The number of benzene rings is 2. The van der Waals surface area contributed by atoms with Crippen molar-refractivity contribution in [3.63, 3.8) is 0 Å². The second kappa shape index (κ2) is 9.31. The van der Waals surface area contributed by atoms with Crippen molar-refractivity contribution in [3.8, 4) is 23.3 Å². The third-order valence-electron chi connectivity index (χ3n) is 4.42. The first-order chi connectivity index (χ1) is 15.2. The Kier molecular flexibility index (Phi) is 6.73. The molecule has 0 saturated heterocycles. The van der Waals surface area contributed by atoms with Crippen LogP contribution < -0.4 is 5.73 Å². The highest BCUT2D eigenvalue weighted by atomic mass is 35.5. The fourth-order valence-electron chi connectivity index (χ4n) is 2.87. The van der Waals surface area contributed by atoms with Gasteiger partial charge in [0.1, 0.15) is 28.5 Å². The summed E-state index contributed by atoms with van der Waals surface area (Å²) in [6.07, 6.45) is -4.50. The molecule has 1 heterocycles. The van der Waals surface area contributed by atoms with Gasteiger partial charge in [-0.25, -0.2) is 4.98 Å². The summed E-state index contributed by atoms with van der Waals surface area (Å²) in [5.41, 5.74) is 6.02. The van der Waals surface area contributed by atoms with E-state index in [2.05, 4.69) is 4.98 Å². The van der Waals surface area contributed by atoms with Crippen LogP contribution in [0, 0.1) is 22.7 Å². The topological polar surface area (TPSA) is 104 Å². The van der Waals surface area contributed by atoms with Crippen LogP contribution in [0.3, 0.4) is 0 Å². The molecular weight excluding hydrogens is 461 g/mol. The molecule has 32 heavy (non-hydrogen) atoms. The lowest BCUT2D eigenvalue weighted by atomic mass is 9.97. The molecule has 1 aromatic heterocycles. The Morgan fingerprint density at radius 2 is 1.62 bits per heavy atom. The number of nitrogens with zero attached hydrogens (tertiary/aromatic N) is 3. The zero-order chi connectivity index (χ0) is 23.5. The van der Waals surface area contributed by atoms with E-state index in [1.54, 1.807) is 24.3 Å². The Morgan fingerprint density at radius 1 is 1.03 bits per heavy atom. The summed E-state index contributed by atoms with van der Waals surface area (Å²) in [4.78, 5) is 16.6. The lowest BCUT2D eigenvalue weighted by Gasteiger charge is -2.13. The van der Waals surface area contributed by atoms with Crippen molar-refractivity contribution in [2.45, 2.75) is 11.2 Å². The molecular formula is C22H12ClF3N4OS. The number of nitrogens with two attached hydrogens (primary N) is 1. The minimum Gasteiger partial charge on any atom is -0.383 e. The zero-order valence-corrected chi connectivity index (χ0v) is 17.6. The highest BCUT2D eigenvalue weighted by Gasteiger charge is 2.30. The second-order valence-electron chi connectivity index (χ2n) is 6.44. The first-order valence-corrected chi connectivity index (χ1v) is 10.2. The maximum atomic E-state index is 12.7. The average molecular weight is 473 g/mol. The van der Waals surface area contributed by atoms with Crippen LogP contribution in [0.4, 0.5) is 19.0 Å². The third-order valence-corrected chi connectivity index (χ3v) is 5.65. The molecule has 0 aliphatic rings. The molecule has 0 fully saturated rings. The molecule has 10 heteroatoms. The van der Waals surface area contributed by atoms with Crippen molar-refractivity contribution in [1.82, 2.24) is 4.98 Å². The number of pyridine rings is 1. The first-order valence-electron chi connectivity index (χ1n) is 8.88. The Balaban J connectivity index is 1.93. The number of alkyl halides is 3. The lowest BCUT2D eigenvalue weighted by Crippen LogP contribution is -2.08. The summed E-state index contributed by atoms with van der Waals surface area (Å²) in [5.74, 6) is -0.760. The van der Waals surface area contributed by atoms with Crippen LogP contribution in [0.1, 0.15) is 27.0 Å². The Labute approximate surface area is 190 Å². The molecule has 160 valence electrons. The van der Waals surface area contributed by atoms with E-state index >= 15 is 0 Å². The number of nitriles is 2. The number of thioether (sulfide) groups is 1. The predicted octanol–water partition coefficient (Wildman–Crippen LogP) is 5.72. The fourth-order valence-corrected chi connectivity index (χ4v) is 3.89. The van der Waals surface area contributed by atoms with Crippen molar-refractivity contribution in [3.05, 3.63) is 75.8 Å². The number of aromatic nitrogens is 1. The van der Waals surface area contributed by atoms with E-state index in [0.29, 0.717) is 10.6 Å². The Morgan fingerprint density at radius 3 is 2.16 bits per heavy atom. The number of carbonyl (C=O) groups is 1. The van der Waals surface area contributed by atoms with Gasteiger partial charge in [0.25, 0.3) is 0 Å². The van der Waals surface area contributed by atoms with Gasteiger partial charge in [-0.3, -0.25) is 4.79 Å². The Bertz CT molecular complexity index is 1260. The SMILES string of the molecule is N#Cc1c(N)nc(SCC(=O)c2ccc(C(F)(F)F)cc2)c(C#N)c1-c1ccc(Cl)cc1.